The lowest BCUT2D eigenvalue weighted by Crippen LogP contribution is -2.34. The van der Waals surface area contributed by atoms with E-state index in [0.717, 1.165) is 11.8 Å². The molecule has 1 saturated carbocycles. The van der Waals surface area contributed by atoms with Gasteiger partial charge in [0.05, 0.1) is 0 Å². The maximum Gasteiger partial charge on any atom is 0.249 e. The summed E-state index contributed by atoms with van der Waals surface area (Å²) in [7, 11) is 0. The van der Waals surface area contributed by atoms with E-state index in [4.69, 9.17) is 0 Å². The molecule has 0 aliphatic heterocycles. The van der Waals surface area contributed by atoms with Crippen LogP contribution in [0.1, 0.15) is 30.0 Å². The van der Waals surface area contributed by atoms with Gasteiger partial charge in [-0.1, -0.05) is 6.07 Å². The topological polar surface area (TPSA) is 30.0 Å². The zero-order valence-electron chi connectivity index (χ0n) is 8.12. The van der Waals surface area contributed by atoms with Gasteiger partial charge >= 0.3 is 0 Å². The Morgan fingerprint density at radius 2 is 2.27 bits per heavy atom. The molecule has 2 nitrogen and oxygen atoms in total. The third-order valence-corrected chi connectivity index (χ3v) is 2.71. The van der Waals surface area contributed by atoms with Gasteiger partial charge in [-0.05, 0) is 11.6 Å². The van der Waals surface area contributed by atoms with E-state index in [1.807, 2.05) is 0 Å². The van der Waals surface area contributed by atoms with E-state index in [1.54, 1.807) is 18.3 Å². The largest absolute Gasteiger partial charge is 0.303 e. The van der Waals surface area contributed by atoms with E-state index in [-0.39, 0.29) is 25.2 Å². The lowest BCUT2D eigenvalue weighted by atomic mass is 9.77. The van der Waals surface area contributed by atoms with Crippen molar-refractivity contribution in [2.75, 3.05) is 0 Å². The Bertz CT molecular complexity index is 371. The monoisotopic (exact) mass is 211 g/mol. The first-order valence-electron chi connectivity index (χ1n) is 4.87. The molecule has 4 heteroatoms. The van der Waals surface area contributed by atoms with Gasteiger partial charge in [-0.2, -0.15) is 0 Å². The number of carbonyl (C=O) groups is 1. The molecule has 0 unspecified atom stereocenters. The van der Waals surface area contributed by atoms with Gasteiger partial charge in [-0.3, -0.25) is 4.98 Å². The van der Waals surface area contributed by atoms with Crippen molar-refractivity contribution in [2.24, 2.45) is 0 Å². The Balaban J connectivity index is 2.18. The minimum atomic E-state index is -2.54. The van der Waals surface area contributed by atoms with Gasteiger partial charge < -0.3 is 4.79 Å². The molecule has 1 aliphatic carbocycles. The third kappa shape index (κ3) is 2.03. The number of aldehydes is 1. The molecule has 15 heavy (non-hydrogen) atoms. The van der Waals surface area contributed by atoms with E-state index >= 15 is 0 Å². The van der Waals surface area contributed by atoms with Crippen molar-refractivity contribution in [3.63, 3.8) is 0 Å². The Morgan fingerprint density at radius 3 is 2.87 bits per heavy atom. The average molecular weight is 211 g/mol. The molecule has 0 saturated heterocycles. The molecule has 0 bridgehead atoms. The van der Waals surface area contributed by atoms with Crippen LogP contribution in [0, 0.1) is 0 Å². The first kappa shape index (κ1) is 10.2. The number of hydrogen-bond acceptors (Lipinski definition) is 2. The second-order valence-electron chi connectivity index (χ2n) is 3.88. The van der Waals surface area contributed by atoms with E-state index < -0.39 is 5.92 Å². The first-order valence-corrected chi connectivity index (χ1v) is 4.87. The maximum absolute atomic E-state index is 12.7. The van der Waals surface area contributed by atoms with E-state index in [1.165, 1.54) is 0 Å². The summed E-state index contributed by atoms with van der Waals surface area (Å²) in [6.45, 7) is 0. The zero-order chi connectivity index (χ0) is 10.9. The van der Waals surface area contributed by atoms with Crippen molar-refractivity contribution < 1.29 is 13.6 Å². The van der Waals surface area contributed by atoms with Crippen molar-refractivity contribution in [1.29, 1.82) is 0 Å². The summed E-state index contributed by atoms with van der Waals surface area (Å²) in [6.07, 6.45) is 2.33. The smallest absolute Gasteiger partial charge is 0.249 e. The fraction of sp³-hybridized carbons (Fsp3) is 0.455. The summed E-state index contributed by atoms with van der Waals surface area (Å²) in [5.74, 6) is -2.73. The number of rotatable bonds is 3. The molecule has 0 atom stereocenters. The summed E-state index contributed by atoms with van der Waals surface area (Å²) in [4.78, 5) is 14.5. The van der Waals surface area contributed by atoms with Gasteiger partial charge in [0, 0.05) is 37.1 Å². The van der Waals surface area contributed by atoms with Crippen molar-refractivity contribution in [3.8, 4) is 0 Å². The van der Waals surface area contributed by atoms with Crippen LogP contribution in [-0.4, -0.2) is 17.2 Å². The highest BCUT2D eigenvalue weighted by atomic mass is 19.3. The van der Waals surface area contributed by atoms with Gasteiger partial charge in [0.25, 0.3) is 0 Å². The predicted octanol–water partition coefficient (Wildman–Crippen LogP) is 2.34. The number of pyridine rings is 1. The van der Waals surface area contributed by atoms with Gasteiger partial charge in [0.1, 0.15) is 6.29 Å². The second kappa shape index (κ2) is 3.68. The van der Waals surface area contributed by atoms with Crippen LogP contribution in [0.2, 0.25) is 0 Å². The molecule has 1 aliphatic rings. The fourth-order valence-corrected chi connectivity index (χ4v) is 1.94. The molecule has 1 heterocycles. The van der Waals surface area contributed by atoms with Crippen molar-refractivity contribution in [2.45, 2.75) is 31.1 Å². The first-order chi connectivity index (χ1) is 7.12. The molecule has 1 aromatic heterocycles. The molecule has 0 radical (unpaired) electrons. The quantitative estimate of drug-likeness (QED) is 0.718. The third-order valence-electron chi connectivity index (χ3n) is 2.71. The van der Waals surface area contributed by atoms with E-state index in [2.05, 4.69) is 4.98 Å². The Hall–Kier alpha value is -1.32. The van der Waals surface area contributed by atoms with Crippen LogP contribution in [0.15, 0.2) is 18.3 Å². The fourth-order valence-electron chi connectivity index (χ4n) is 1.94. The molecule has 1 aromatic rings. The summed E-state index contributed by atoms with van der Waals surface area (Å²) >= 11 is 0. The van der Waals surface area contributed by atoms with Gasteiger partial charge in [-0.15, -0.1) is 0 Å². The lowest BCUT2D eigenvalue weighted by molar-refractivity contribution is -0.107. The van der Waals surface area contributed by atoms with E-state index in [0.29, 0.717) is 5.69 Å². The summed E-state index contributed by atoms with van der Waals surface area (Å²) in [5, 5.41) is 0. The van der Waals surface area contributed by atoms with Crippen molar-refractivity contribution >= 4 is 6.29 Å². The normalized spacial score (nSPS) is 19.6. The van der Waals surface area contributed by atoms with Crippen molar-refractivity contribution in [3.05, 3.63) is 29.6 Å². The van der Waals surface area contributed by atoms with Crippen LogP contribution >= 0.6 is 0 Å². The highest BCUT2D eigenvalue weighted by Gasteiger charge is 2.46. The van der Waals surface area contributed by atoms with E-state index in [9.17, 15) is 13.6 Å². The van der Waals surface area contributed by atoms with Crippen LogP contribution in [0.3, 0.4) is 0 Å². The molecule has 0 N–H and O–H groups in total. The standard InChI is InChI=1S/C11H11F2NO/c12-11(13)6-9(7-11)10-8(3-5-15)2-1-4-14-10/h1-2,4-5,9H,3,6-7H2. The number of hydrogen-bond donors (Lipinski definition) is 0. The number of alkyl halides is 2. The summed E-state index contributed by atoms with van der Waals surface area (Å²) in [5.41, 5.74) is 1.43. The average Bonchev–Trinajstić information content (AvgIpc) is 2.15. The minimum absolute atomic E-state index is 0.143. The van der Waals surface area contributed by atoms with Crippen LogP contribution < -0.4 is 0 Å². The van der Waals surface area contributed by atoms with Gasteiger partial charge in [0.15, 0.2) is 0 Å². The number of halogens is 2. The number of nitrogens with zero attached hydrogens (tertiary/aromatic N) is 1. The summed E-state index contributed by atoms with van der Waals surface area (Å²) < 4.78 is 25.4. The van der Waals surface area contributed by atoms with Crippen LogP contribution in [-0.2, 0) is 11.2 Å². The zero-order valence-corrected chi connectivity index (χ0v) is 8.12. The highest BCUT2D eigenvalue weighted by Crippen LogP contribution is 2.48. The van der Waals surface area contributed by atoms with Crippen LogP contribution in [0.5, 0.6) is 0 Å². The van der Waals surface area contributed by atoms with Gasteiger partial charge in [-0.25, -0.2) is 8.78 Å². The van der Waals surface area contributed by atoms with Gasteiger partial charge in [0.2, 0.25) is 5.92 Å². The summed E-state index contributed by atoms with van der Waals surface area (Å²) in [6, 6.07) is 3.49. The Kier molecular flexibility index (Phi) is 2.50. The predicted molar refractivity (Wildman–Crippen MR) is 50.9 cm³/mol. The highest BCUT2D eigenvalue weighted by molar-refractivity contribution is 5.55. The molecule has 0 spiro atoms. The maximum atomic E-state index is 12.7. The molecule has 80 valence electrons. The van der Waals surface area contributed by atoms with Crippen molar-refractivity contribution in [1.82, 2.24) is 4.98 Å². The number of aromatic nitrogens is 1. The molecular formula is C11H11F2NO. The molecule has 2 rings (SSSR count). The lowest BCUT2D eigenvalue weighted by Gasteiger charge is -2.35. The Morgan fingerprint density at radius 1 is 1.53 bits per heavy atom. The molecule has 0 amide bonds. The molecule has 1 fully saturated rings. The minimum Gasteiger partial charge on any atom is -0.303 e. The van der Waals surface area contributed by atoms with Crippen LogP contribution in [0.4, 0.5) is 8.78 Å². The van der Waals surface area contributed by atoms with Crippen LogP contribution in [0.25, 0.3) is 0 Å². The SMILES string of the molecule is O=CCc1cccnc1C1CC(F)(F)C1. The number of carbonyl (C=O) groups excluding carboxylic acids is 1. The molecule has 0 aromatic carbocycles. The molecular weight excluding hydrogens is 200 g/mol. The second-order valence-corrected chi connectivity index (χ2v) is 3.88. The Labute approximate surface area is 86.3 Å².